The van der Waals surface area contributed by atoms with Crippen LogP contribution in [0.4, 0.5) is 0 Å². The maximum atomic E-state index is 10.5. The fourth-order valence-electron chi connectivity index (χ4n) is 1.23. The normalized spacial score (nSPS) is 13.2. The summed E-state index contributed by atoms with van der Waals surface area (Å²) < 4.78 is 0. The van der Waals surface area contributed by atoms with Crippen molar-refractivity contribution in [3.05, 3.63) is 4.91 Å². The first-order valence-corrected chi connectivity index (χ1v) is 4.28. The van der Waals surface area contributed by atoms with Gasteiger partial charge in [0.25, 0.3) is 0 Å². The summed E-state index contributed by atoms with van der Waals surface area (Å²) in [7, 11) is 0. The first kappa shape index (κ1) is 10.6. The lowest BCUT2D eigenvalue weighted by atomic mass is 9.70. The van der Waals surface area contributed by atoms with E-state index in [0.717, 1.165) is 12.8 Å². The van der Waals surface area contributed by atoms with Gasteiger partial charge in [-0.05, 0) is 32.1 Å². The van der Waals surface area contributed by atoms with Crippen LogP contribution in [0.15, 0.2) is 5.18 Å². The second-order valence-electron chi connectivity index (χ2n) is 3.92. The summed E-state index contributed by atoms with van der Waals surface area (Å²) in [5, 5.41) is 3.18. The quantitative estimate of drug-likeness (QED) is 0.575. The highest BCUT2D eigenvalue weighted by molar-refractivity contribution is 4.93. The van der Waals surface area contributed by atoms with Crippen molar-refractivity contribution in [1.82, 2.24) is 0 Å². The van der Waals surface area contributed by atoms with Crippen LogP contribution in [0, 0.1) is 10.3 Å². The minimum Gasteiger partial charge on any atom is -0.150 e. The third kappa shape index (κ3) is 1.79. The van der Waals surface area contributed by atoms with Crippen LogP contribution in [0.1, 0.15) is 47.5 Å². The fourth-order valence-corrected chi connectivity index (χ4v) is 1.23. The van der Waals surface area contributed by atoms with Crippen molar-refractivity contribution in [3.63, 3.8) is 0 Å². The lowest BCUT2D eigenvalue weighted by Gasteiger charge is -2.37. The molecule has 0 spiro atoms. The summed E-state index contributed by atoms with van der Waals surface area (Å²) in [5.74, 6) is 0. The SMILES string of the molecule is CCC(C)(CC)C(C)(C)N=O. The summed E-state index contributed by atoms with van der Waals surface area (Å²) >= 11 is 0. The molecule has 0 radical (unpaired) electrons. The van der Waals surface area contributed by atoms with Crippen molar-refractivity contribution >= 4 is 0 Å². The molecule has 0 bridgehead atoms. The van der Waals surface area contributed by atoms with Gasteiger partial charge in [-0.3, -0.25) is 0 Å². The standard InChI is InChI=1S/C9H19NO/c1-6-9(5,7-2)8(3,4)10-11/h6-7H2,1-5H3. The monoisotopic (exact) mass is 157 g/mol. The number of nitrogens with zero attached hydrogens (tertiary/aromatic N) is 1. The Bertz CT molecular complexity index is 136. The van der Waals surface area contributed by atoms with Crippen LogP contribution in [0.5, 0.6) is 0 Å². The third-order valence-corrected chi connectivity index (χ3v) is 3.27. The zero-order valence-corrected chi connectivity index (χ0v) is 8.27. The van der Waals surface area contributed by atoms with E-state index in [1.807, 2.05) is 13.8 Å². The molecular weight excluding hydrogens is 138 g/mol. The largest absolute Gasteiger partial charge is 0.150 e. The number of hydrogen-bond donors (Lipinski definition) is 0. The lowest BCUT2D eigenvalue weighted by Crippen LogP contribution is -2.38. The Hall–Kier alpha value is -0.400. The van der Waals surface area contributed by atoms with Gasteiger partial charge in [0.2, 0.25) is 0 Å². The molecule has 0 atom stereocenters. The zero-order valence-electron chi connectivity index (χ0n) is 8.27. The van der Waals surface area contributed by atoms with E-state index in [1.165, 1.54) is 0 Å². The summed E-state index contributed by atoms with van der Waals surface area (Å²) in [6.07, 6.45) is 2.00. The highest BCUT2D eigenvalue weighted by atomic mass is 16.3. The van der Waals surface area contributed by atoms with Gasteiger partial charge in [0.05, 0.1) is 0 Å². The molecule has 0 saturated heterocycles. The average Bonchev–Trinajstić information content (AvgIpc) is 2.02. The average molecular weight is 157 g/mol. The van der Waals surface area contributed by atoms with Gasteiger partial charge in [-0.1, -0.05) is 25.9 Å². The summed E-state index contributed by atoms with van der Waals surface area (Å²) in [5.41, 5.74) is -0.384. The van der Waals surface area contributed by atoms with Gasteiger partial charge >= 0.3 is 0 Å². The molecule has 0 unspecified atom stereocenters. The molecule has 0 amide bonds. The van der Waals surface area contributed by atoms with E-state index in [0.29, 0.717) is 0 Å². The maximum absolute atomic E-state index is 10.5. The van der Waals surface area contributed by atoms with Crippen molar-refractivity contribution in [3.8, 4) is 0 Å². The zero-order chi connectivity index (χ0) is 9.12. The van der Waals surface area contributed by atoms with Gasteiger partial charge in [-0.25, -0.2) is 0 Å². The van der Waals surface area contributed by atoms with Crippen LogP contribution in [0.25, 0.3) is 0 Å². The molecule has 0 aromatic heterocycles. The molecule has 0 rings (SSSR count). The van der Waals surface area contributed by atoms with Crippen molar-refractivity contribution in [2.45, 2.75) is 53.0 Å². The molecule has 0 aliphatic carbocycles. The summed E-state index contributed by atoms with van der Waals surface area (Å²) in [6.45, 7) is 10.2. The van der Waals surface area contributed by atoms with E-state index in [2.05, 4.69) is 25.9 Å². The molecule has 0 heterocycles. The number of nitroso groups, excluding NO2 is 1. The third-order valence-electron chi connectivity index (χ3n) is 3.27. The molecule has 0 aromatic carbocycles. The van der Waals surface area contributed by atoms with E-state index in [4.69, 9.17) is 0 Å². The van der Waals surface area contributed by atoms with E-state index in [1.54, 1.807) is 0 Å². The predicted molar refractivity (Wildman–Crippen MR) is 48.6 cm³/mol. The molecule has 0 aromatic rings. The number of hydrogen-bond acceptors (Lipinski definition) is 2. The van der Waals surface area contributed by atoms with Crippen LogP contribution >= 0.6 is 0 Å². The van der Waals surface area contributed by atoms with Crippen molar-refractivity contribution in [2.75, 3.05) is 0 Å². The molecular formula is C9H19NO. The second kappa shape index (κ2) is 3.33. The molecule has 0 saturated carbocycles. The van der Waals surface area contributed by atoms with Crippen LogP contribution in [0.2, 0.25) is 0 Å². The first-order chi connectivity index (χ1) is 4.93. The molecule has 66 valence electrons. The Morgan fingerprint density at radius 3 is 1.55 bits per heavy atom. The van der Waals surface area contributed by atoms with E-state index < -0.39 is 5.54 Å². The Morgan fingerprint density at radius 2 is 1.45 bits per heavy atom. The van der Waals surface area contributed by atoms with Gasteiger partial charge in [0.1, 0.15) is 5.54 Å². The van der Waals surface area contributed by atoms with Crippen molar-refractivity contribution < 1.29 is 0 Å². The Morgan fingerprint density at radius 1 is 1.09 bits per heavy atom. The van der Waals surface area contributed by atoms with Gasteiger partial charge in [0.15, 0.2) is 0 Å². The Labute approximate surface area is 69.4 Å². The summed E-state index contributed by atoms with van der Waals surface area (Å²) in [4.78, 5) is 10.5. The minimum absolute atomic E-state index is 0.0503. The lowest BCUT2D eigenvalue weighted by molar-refractivity contribution is 0.161. The second-order valence-corrected chi connectivity index (χ2v) is 3.92. The van der Waals surface area contributed by atoms with Crippen LogP contribution in [0.3, 0.4) is 0 Å². The van der Waals surface area contributed by atoms with E-state index >= 15 is 0 Å². The molecule has 2 nitrogen and oxygen atoms in total. The number of rotatable bonds is 4. The molecule has 0 aliphatic rings. The van der Waals surface area contributed by atoms with Crippen molar-refractivity contribution in [1.29, 1.82) is 0 Å². The van der Waals surface area contributed by atoms with E-state index in [9.17, 15) is 4.91 Å². The topological polar surface area (TPSA) is 29.4 Å². The molecule has 0 aliphatic heterocycles. The van der Waals surface area contributed by atoms with Crippen molar-refractivity contribution in [2.24, 2.45) is 10.6 Å². The fraction of sp³-hybridized carbons (Fsp3) is 1.00. The van der Waals surface area contributed by atoms with Gasteiger partial charge in [-0.15, -0.1) is 0 Å². The Kier molecular flexibility index (Phi) is 3.21. The van der Waals surface area contributed by atoms with Gasteiger partial charge < -0.3 is 0 Å². The first-order valence-electron chi connectivity index (χ1n) is 4.28. The van der Waals surface area contributed by atoms with Gasteiger partial charge in [-0.2, -0.15) is 4.91 Å². The maximum Gasteiger partial charge on any atom is 0.102 e. The van der Waals surface area contributed by atoms with E-state index in [-0.39, 0.29) is 5.41 Å². The highest BCUT2D eigenvalue weighted by Crippen LogP contribution is 2.39. The smallest absolute Gasteiger partial charge is 0.102 e. The van der Waals surface area contributed by atoms with Gasteiger partial charge in [0, 0.05) is 0 Å². The minimum atomic E-state index is -0.434. The molecule has 0 fully saturated rings. The van der Waals surface area contributed by atoms with Crippen LogP contribution < -0.4 is 0 Å². The Balaban J connectivity index is 4.60. The molecule has 2 heteroatoms. The molecule has 0 N–H and O–H groups in total. The predicted octanol–water partition coefficient (Wildman–Crippen LogP) is 3.36. The van der Waals surface area contributed by atoms with Crippen LogP contribution in [-0.2, 0) is 0 Å². The summed E-state index contributed by atoms with van der Waals surface area (Å²) in [6, 6.07) is 0. The van der Waals surface area contributed by atoms with Crippen LogP contribution in [-0.4, -0.2) is 5.54 Å². The molecule has 11 heavy (non-hydrogen) atoms. The highest BCUT2D eigenvalue weighted by Gasteiger charge is 2.39.